The predicted octanol–water partition coefficient (Wildman–Crippen LogP) is 0.739. The Kier molecular flexibility index (Phi) is 4.45. The Balaban J connectivity index is 2.14. The molecule has 0 saturated heterocycles. The van der Waals surface area contributed by atoms with Crippen LogP contribution in [0.5, 0.6) is 0 Å². The lowest BCUT2D eigenvalue weighted by molar-refractivity contribution is -0.134. The van der Waals surface area contributed by atoms with Crippen molar-refractivity contribution in [1.82, 2.24) is 5.01 Å². The zero-order valence-electron chi connectivity index (χ0n) is 12.3. The Bertz CT molecular complexity index is 677. The fraction of sp³-hybridized carbons (Fsp3) is 0.267. The van der Waals surface area contributed by atoms with Gasteiger partial charge < -0.3 is 5.32 Å². The summed E-state index contributed by atoms with van der Waals surface area (Å²) in [5.74, 6) is -1.29. The van der Waals surface area contributed by atoms with Crippen molar-refractivity contribution in [3.8, 4) is 0 Å². The first-order chi connectivity index (χ1) is 10.4. The zero-order chi connectivity index (χ0) is 16.3. The number of hydrazone groups is 1. The molecule has 0 fully saturated rings. The van der Waals surface area contributed by atoms with Gasteiger partial charge in [-0.3, -0.25) is 19.2 Å². The molecule has 0 spiro atoms. The summed E-state index contributed by atoms with van der Waals surface area (Å²) < 4.78 is 0. The summed E-state index contributed by atoms with van der Waals surface area (Å²) >= 11 is 0. The summed E-state index contributed by atoms with van der Waals surface area (Å²) in [7, 11) is 1.49. The number of hydrogen-bond acceptors (Lipinski definition) is 5. The van der Waals surface area contributed by atoms with Gasteiger partial charge in [0.15, 0.2) is 5.78 Å². The quantitative estimate of drug-likeness (QED) is 0.830. The molecule has 0 unspecified atom stereocenters. The molecule has 7 nitrogen and oxygen atoms in total. The second kappa shape index (κ2) is 6.30. The van der Waals surface area contributed by atoms with Crippen LogP contribution in [0.2, 0.25) is 0 Å². The van der Waals surface area contributed by atoms with E-state index in [1.165, 1.54) is 14.0 Å². The lowest BCUT2D eigenvalue weighted by Crippen LogP contribution is -2.35. The molecule has 1 heterocycles. The Hall–Kier alpha value is -2.83. The van der Waals surface area contributed by atoms with E-state index in [1.807, 2.05) is 0 Å². The van der Waals surface area contributed by atoms with Gasteiger partial charge >= 0.3 is 0 Å². The minimum absolute atomic E-state index is 0.181. The number of benzene rings is 1. The van der Waals surface area contributed by atoms with Crippen LogP contribution in [-0.2, 0) is 19.2 Å². The average Bonchev–Trinajstić information content (AvgIpc) is 2.43. The van der Waals surface area contributed by atoms with Crippen molar-refractivity contribution in [1.29, 1.82) is 0 Å². The van der Waals surface area contributed by atoms with Crippen molar-refractivity contribution < 1.29 is 19.2 Å². The first-order valence-corrected chi connectivity index (χ1v) is 6.65. The van der Waals surface area contributed by atoms with E-state index in [9.17, 15) is 19.2 Å². The molecule has 1 aliphatic rings. The molecule has 1 aromatic carbocycles. The number of carbonyl (C=O) groups excluding carboxylic acids is 4. The van der Waals surface area contributed by atoms with Gasteiger partial charge in [0.2, 0.25) is 11.8 Å². The molecule has 1 aromatic rings. The van der Waals surface area contributed by atoms with E-state index in [2.05, 4.69) is 10.4 Å². The molecule has 114 valence electrons. The van der Waals surface area contributed by atoms with E-state index in [4.69, 9.17) is 0 Å². The third-order valence-corrected chi connectivity index (χ3v) is 3.04. The van der Waals surface area contributed by atoms with Crippen LogP contribution in [0.15, 0.2) is 29.4 Å². The number of hydrogen-bond donors (Lipinski definition) is 1. The lowest BCUT2D eigenvalue weighted by atomic mass is 10.0. The summed E-state index contributed by atoms with van der Waals surface area (Å²) in [5.41, 5.74) is 1.29. The summed E-state index contributed by atoms with van der Waals surface area (Å²) in [5, 5.41) is 7.68. The monoisotopic (exact) mass is 301 g/mol. The fourth-order valence-electron chi connectivity index (χ4n) is 1.96. The van der Waals surface area contributed by atoms with Crippen molar-refractivity contribution in [2.24, 2.45) is 5.10 Å². The van der Waals surface area contributed by atoms with Crippen LogP contribution in [0, 0.1) is 0 Å². The van der Waals surface area contributed by atoms with E-state index >= 15 is 0 Å². The smallest absolute Gasteiger partial charge is 0.250 e. The van der Waals surface area contributed by atoms with E-state index in [-0.39, 0.29) is 36.0 Å². The standard InChI is InChI=1S/C15H15N3O4/c1-9(19)7-13(21)16-11-5-3-10(4-6-11)15-12(20)8-14(22)18(2)17-15/h3-6H,7-8H2,1-2H3,(H,16,21). The van der Waals surface area contributed by atoms with Crippen molar-refractivity contribution >= 4 is 34.8 Å². The van der Waals surface area contributed by atoms with E-state index < -0.39 is 5.91 Å². The minimum atomic E-state index is -0.392. The molecule has 1 N–H and O–H groups in total. The van der Waals surface area contributed by atoms with Crippen molar-refractivity contribution in [3.63, 3.8) is 0 Å². The van der Waals surface area contributed by atoms with Gasteiger partial charge in [-0.25, -0.2) is 5.01 Å². The highest BCUT2D eigenvalue weighted by Gasteiger charge is 2.26. The molecular weight excluding hydrogens is 286 g/mol. The van der Waals surface area contributed by atoms with Crippen LogP contribution in [0.1, 0.15) is 25.3 Å². The van der Waals surface area contributed by atoms with Gasteiger partial charge in [-0.05, 0) is 19.1 Å². The number of nitrogens with zero attached hydrogens (tertiary/aromatic N) is 2. The largest absolute Gasteiger partial charge is 0.326 e. The highest BCUT2D eigenvalue weighted by atomic mass is 16.2. The second-order valence-electron chi connectivity index (χ2n) is 4.97. The molecule has 0 atom stereocenters. The van der Waals surface area contributed by atoms with Gasteiger partial charge in [0, 0.05) is 18.3 Å². The Labute approximate surface area is 127 Å². The maximum absolute atomic E-state index is 11.8. The number of nitrogens with one attached hydrogen (secondary N) is 1. The van der Waals surface area contributed by atoms with E-state index in [0.717, 1.165) is 5.01 Å². The van der Waals surface area contributed by atoms with E-state index in [1.54, 1.807) is 24.3 Å². The topological polar surface area (TPSA) is 95.9 Å². The normalized spacial score (nSPS) is 14.6. The fourth-order valence-corrected chi connectivity index (χ4v) is 1.96. The average molecular weight is 301 g/mol. The van der Waals surface area contributed by atoms with Crippen LogP contribution < -0.4 is 5.32 Å². The third-order valence-electron chi connectivity index (χ3n) is 3.04. The number of carbonyl (C=O) groups is 4. The van der Waals surface area contributed by atoms with E-state index in [0.29, 0.717) is 11.3 Å². The SMILES string of the molecule is CC(=O)CC(=O)Nc1ccc(C2=NN(C)C(=O)CC2=O)cc1. The Morgan fingerprint density at radius 1 is 1.23 bits per heavy atom. The molecule has 0 aromatic heterocycles. The van der Waals surface area contributed by atoms with Crippen molar-refractivity contribution in [3.05, 3.63) is 29.8 Å². The van der Waals surface area contributed by atoms with Gasteiger partial charge in [-0.1, -0.05) is 12.1 Å². The molecule has 1 aliphatic heterocycles. The Morgan fingerprint density at radius 2 is 1.86 bits per heavy atom. The van der Waals surface area contributed by atoms with Crippen LogP contribution >= 0.6 is 0 Å². The number of Topliss-reactive ketones (excluding diaryl/α,β-unsaturated/α-hetero) is 2. The summed E-state index contributed by atoms with van der Waals surface area (Å²) in [6.07, 6.45) is -0.383. The maximum atomic E-state index is 11.8. The number of anilines is 1. The second-order valence-corrected chi connectivity index (χ2v) is 4.97. The highest BCUT2D eigenvalue weighted by Crippen LogP contribution is 2.15. The van der Waals surface area contributed by atoms with Crippen LogP contribution in [-0.4, -0.2) is 41.1 Å². The molecule has 7 heteroatoms. The zero-order valence-corrected chi connectivity index (χ0v) is 12.3. The molecule has 22 heavy (non-hydrogen) atoms. The molecular formula is C15H15N3O4. The maximum Gasteiger partial charge on any atom is 0.250 e. The predicted molar refractivity (Wildman–Crippen MR) is 79.3 cm³/mol. The van der Waals surface area contributed by atoms with Gasteiger partial charge in [0.1, 0.15) is 11.5 Å². The van der Waals surface area contributed by atoms with Gasteiger partial charge in [0.05, 0.1) is 12.8 Å². The molecule has 0 radical (unpaired) electrons. The molecule has 0 bridgehead atoms. The summed E-state index contributed by atoms with van der Waals surface area (Å²) in [6.45, 7) is 1.34. The molecule has 0 saturated carbocycles. The Morgan fingerprint density at radius 3 is 2.45 bits per heavy atom. The van der Waals surface area contributed by atoms with Crippen LogP contribution in [0.4, 0.5) is 5.69 Å². The summed E-state index contributed by atoms with van der Waals surface area (Å²) in [6, 6.07) is 6.48. The minimum Gasteiger partial charge on any atom is -0.326 e. The number of amides is 2. The highest BCUT2D eigenvalue weighted by molar-refractivity contribution is 6.49. The number of ketones is 2. The molecule has 0 aliphatic carbocycles. The van der Waals surface area contributed by atoms with Crippen LogP contribution in [0.3, 0.4) is 0 Å². The lowest BCUT2D eigenvalue weighted by Gasteiger charge is -2.18. The first-order valence-electron chi connectivity index (χ1n) is 6.65. The van der Waals surface area contributed by atoms with Gasteiger partial charge in [-0.15, -0.1) is 0 Å². The molecule has 2 rings (SSSR count). The van der Waals surface area contributed by atoms with Crippen molar-refractivity contribution in [2.75, 3.05) is 12.4 Å². The molecule has 2 amide bonds. The van der Waals surface area contributed by atoms with Crippen LogP contribution in [0.25, 0.3) is 0 Å². The van der Waals surface area contributed by atoms with Crippen molar-refractivity contribution in [2.45, 2.75) is 19.8 Å². The first kappa shape index (κ1) is 15.6. The van der Waals surface area contributed by atoms with Gasteiger partial charge in [0.25, 0.3) is 0 Å². The van der Waals surface area contributed by atoms with Gasteiger partial charge in [-0.2, -0.15) is 5.10 Å². The number of rotatable bonds is 4. The summed E-state index contributed by atoms with van der Waals surface area (Å²) in [4.78, 5) is 45.6. The third kappa shape index (κ3) is 3.63.